The van der Waals surface area contributed by atoms with E-state index in [0.29, 0.717) is 16.8 Å². The van der Waals surface area contributed by atoms with Crippen LogP contribution in [0.25, 0.3) is 11.3 Å². The maximum atomic E-state index is 12.3. The van der Waals surface area contributed by atoms with Crippen LogP contribution in [0.5, 0.6) is 11.5 Å². The molecule has 0 bridgehead atoms. The van der Waals surface area contributed by atoms with Gasteiger partial charge < -0.3 is 20.1 Å². The summed E-state index contributed by atoms with van der Waals surface area (Å²) in [7, 11) is 3.24. The SMILES string of the molecule is COc1ccc(OC)c(-c2csc(NC(=O)C(C)C3CNC3)n2)c1.Cl. The van der Waals surface area contributed by atoms with Gasteiger partial charge in [0.2, 0.25) is 5.91 Å². The molecule has 25 heavy (non-hydrogen) atoms. The van der Waals surface area contributed by atoms with E-state index >= 15 is 0 Å². The highest BCUT2D eigenvalue weighted by Gasteiger charge is 2.29. The van der Waals surface area contributed by atoms with E-state index in [2.05, 4.69) is 15.6 Å². The van der Waals surface area contributed by atoms with Gasteiger partial charge in [0.05, 0.1) is 19.9 Å². The minimum absolute atomic E-state index is 0. The first kappa shape index (κ1) is 19.5. The Kier molecular flexibility index (Phi) is 6.64. The van der Waals surface area contributed by atoms with Gasteiger partial charge in [0.25, 0.3) is 0 Å². The molecule has 8 heteroatoms. The molecule has 1 amide bonds. The second-order valence-corrected chi connectivity index (χ2v) is 6.66. The Balaban J connectivity index is 0.00000225. The minimum Gasteiger partial charge on any atom is -0.497 e. The van der Waals surface area contributed by atoms with E-state index in [-0.39, 0.29) is 24.2 Å². The van der Waals surface area contributed by atoms with Crippen molar-refractivity contribution in [1.29, 1.82) is 0 Å². The lowest BCUT2D eigenvalue weighted by molar-refractivity contribution is -0.121. The largest absolute Gasteiger partial charge is 0.497 e. The van der Waals surface area contributed by atoms with Crippen LogP contribution in [0.2, 0.25) is 0 Å². The maximum Gasteiger partial charge on any atom is 0.229 e. The zero-order chi connectivity index (χ0) is 17.1. The molecule has 1 fully saturated rings. The number of hydrogen-bond donors (Lipinski definition) is 2. The van der Waals surface area contributed by atoms with Gasteiger partial charge in [-0.25, -0.2) is 4.98 Å². The summed E-state index contributed by atoms with van der Waals surface area (Å²) in [6, 6.07) is 5.56. The number of aromatic nitrogens is 1. The van der Waals surface area contributed by atoms with Crippen molar-refractivity contribution in [2.24, 2.45) is 11.8 Å². The second kappa shape index (κ2) is 8.51. The van der Waals surface area contributed by atoms with Crippen LogP contribution in [0.3, 0.4) is 0 Å². The van der Waals surface area contributed by atoms with E-state index < -0.39 is 0 Å². The lowest BCUT2D eigenvalue weighted by Crippen LogP contribution is -2.48. The van der Waals surface area contributed by atoms with Crippen molar-refractivity contribution in [2.45, 2.75) is 6.92 Å². The number of halogens is 1. The first-order chi connectivity index (χ1) is 11.6. The average Bonchev–Trinajstić information content (AvgIpc) is 3.00. The number of thiazole rings is 1. The fraction of sp³-hybridized carbons (Fsp3) is 0.412. The molecule has 136 valence electrons. The van der Waals surface area contributed by atoms with Crippen LogP contribution in [0, 0.1) is 11.8 Å². The summed E-state index contributed by atoms with van der Waals surface area (Å²) in [6.45, 7) is 3.76. The van der Waals surface area contributed by atoms with E-state index in [1.165, 1.54) is 11.3 Å². The Labute approximate surface area is 157 Å². The van der Waals surface area contributed by atoms with Gasteiger partial charge in [0, 0.05) is 16.9 Å². The van der Waals surface area contributed by atoms with Crippen molar-refractivity contribution in [3.63, 3.8) is 0 Å². The number of anilines is 1. The van der Waals surface area contributed by atoms with Gasteiger partial charge in [-0.15, -0.1) is 23.7 Å². The van der Waals surface area contributed by atoms with Crippen molar-refractivity contribution in [2.75, 3.05) is 32.6 Å². The van der Waals surface area contributed by atoms with Crippen LogP contribution < -0.4 is 20.1 Å². The molecule has 3 rings (SSSR count). The standard InChI is InChI=1S/C17H21N3O3S.ClH/c1-10(11-7-18-8-11)16(21)20-17-19-14(9-24-17)13-6-12(22-2)4-5-15(13)23-3;/h4-6,9-11,18H,7-8H2,1-3H3,(H,19,20,21);1H. The number of nitrogens with one attached hydrogen (secondary N) is 2. The number of hydrogen-bond acceptors (Lipinski definition) is 6. The molecular formula is C17H22ClN3O3S. The van der Waals surface area contributed by atoms with E-state index in [1.807, 2.05) is 30.5 Å². The second-order valence-electron chi connectivity index (χ2n) is 5.80. The first-order valence-corrected chi connectivity index (χ1v) is 8.70. The zero-order valence-electron chi connectivity index (χ0n) is 14.4. The number of nitrogens with zero attached hydrogens (tertiary/aromatic N) is 1. The fourth-order valence-corrected chi connectivity index (χ4v) is 3.28. The molecular weight excluding hydrogens is 362 g/mol. The summed E-state index contributed by atoms with van der Waals surface area (Å²) in [6.07, 6.45) is 0. The topological polar surface area (TPSA) is 72.5 Å². The lowest BCUT2D eigenvalue weighted by Gasteiger charge is -2.31. The molecule has 0 spiro atoms. The number of carbonyl (C=O) groups is 1. The van der Waals surface area contributed by atoms with Crippen LogP contribution in [0.15, 0.2) is 23.6 Å². The molecule has 1 aromatic heterocycles. The van der Waals surface area contributed by atoms with Gasteiger partial charge in [0.1, 0.15) is 11.5 Å². The molecule has 1 aliphatic rings. The van der Waals surface area contributed by atoms with E-state index in [0.717, 1.165) is 30.1 Å². The third-order valence-corrected chi connectivity index (χ3v) is 5.11. The predicted octanol–water partition coefficient (Wildman–Crippen LogP) is 3.04. The van der Waals surface area contributed by atoms with Gasteiger partial charge in [0.15, 0.2) is 5.13 Å². The highest BCUT2D eigenvalue weighted by atomic mass is 35.5. The molecule has 0 saturated carbocycles. The highest BCUT2D eigenvalue weighted by molar-refractivity contribution is 7.14. The lowest BCUT2D eigenvalue weighted by atomic mass is 9.88. The fourth-order valence-electron chi connectivity index (χ4n) is 2.57. The Bertz CT molecular complexity index is 734. The molecule has 1 atom stereocenters. The minimum atomic E-state index is -0.0232. The zero-order valence-corrected chi connectivity index (χ0v) is 16.0. The number of carbonyl (C=O) groups excluding carboxylic acids is 1. The van der Waals surface area contributed by atoms with Crippen molar-refractivity contribution >= 4 is 34.8 Å². The van der Waals surface area contributed by atoms with Gasteiger partial charge in [-0.3, -0.25) is 4.79 Å². The van der Waals surface area contributed by atoms with Crippen molar-refractivity contribution in [1.82, 2.24) is 10.3 Å². The number of ether oxygens (including phenoxy) is 2. The third kappa shape index (κ3) is 4.23. The Morgan fingerprint density at radius 2 is 2.12 bits per heavy atom. The van der Waals surface area contributed by atoms with Gasteiger partial charge in [-0.05, 0) is 37.2 Å². The molecule has 1 unspecified atom stereocenters. The average molecular weight is 384 g/mol. The molecule has 1 aromatic carbocycles. The molecule has 2 N–H and O–H groups in total. The van der Waals surface area contributed by atoms with Gasteiger partial charge in [-0.1, -0.05) is 6.92 Å². The Morgan fingerprint density at radius 1 is 1.36 bits per heavy atom. The molecule has 1 aliphatic heterocycles. The summed E-state index contributed by atoms with van der Waals surface area (Å²) in [5, 5.41) is 8.61. The van der Waals surface area contributed by atoms with E-state index in [1.54, 1.807) is 14.2 Å². The summed E-state index contributed by atoms with van der Waals surface area (Å²) < 4.78 is 10.7. The molecule has 0 radical (unpaired) electrons. The van der Waals surface area contributed by atoms with E-state index in [4.69, 9.17) is 9.47 Å². The molecule has 6 nitrogen and oxygen atoms in total. The van der Waals surface area contributed by atoms with Crippen LogP contribution >= 0.6 is 23.7 Å². The summed E-state index contributed by atoms with van der Waals surface area (Å²) in [5.41, 5.74) is 1.59. The maximum absolute atomic E-state index is 12.3. The van der Waals surface area contributed by atoms with Crippen molar-refractivity contribution < 1.29 is 14.3 Å². The van der Waals surface area contributed by atoms with Gasteiger partial charge in [-0.2, -0.15) is 0 Å². The smallest absolute Gasteiger partial charge is 0.229 e. The Morgan fingerprint density at radius 3 is 2.72 bits per heavy atom. The summed E-state index contributed by atoms with van der Waals surface area (Å²) in [5.74, 6) is 1.84. The van der Waals surface area contributed by atoms with Crippen molar-refractivity contribution in [3.05, 3.63) is 23.6 Å². The van der Waals surface area contributed by atoms with E-state index in [9.17, 15) is 4.79 Å². The van der Waals surface area contributed by atoms with Crippen LogP contribution in [0.4, 0.5) is 5.13 Å². The van der Waals surface area contributed by atoms with Crippen molar-refractivity contribution in [3.8, 4) is 22.8 Å². The summed E-state index contributed by atoms with van der Waals surface area (Å²) >= 11 is 1.41. The highest BCUT2D eigenvalue weighted by Crippen LogP contribution is 2.35. The number of methoxy groups -OCH3 is 2. The molecule has 2 aromatic rings. The number of amides is 1. The molecule has 1 saturated heterocycles. The molecule has 0 aliphatic carbocycles. The van der Waals surface area contributed by atoms with Crippen LogP contribution in [0.1, 0.15) is 6.92 Å². The van der Waals surface area contributed by atoms with Crippen LogP contribution in [-0.2, 0) is 4.79 Å². The van der Waals surface area contributed by atoms with Crippen LogP contribution in [-0.4, -0.2) is 38.2 Å². The monoisotopic (exact) mass is 383 g/mol. The number of rotatable bonds is 6. The normalized spacial score (nSPS) is 14.8. The third-order valence-electron chi connectivity index (χ3n) is 4.35. The Hall–Kier alpha value is -1.83. The summed E-state index contributed by atoms with van der Waals surface area (Å²) in [4.78, 5) is 16.8. The molecule has 2 heterocycles. The first-order valence-electron chi connectivity index (χ1n) is 7.82. The predicted molar refractivity (Wildman–Crippen MR) is 102 cm³/mol. The quantitative estimate of drug-likeness (QED) is 0.802. The van der Waals surface area contributed by atoms with Gasteiger partial charge >= 0.3 is 0 Å². The number of benzene rings is 1.